The highest BCUT2D eigenvalue weighted by molar-refractivity contribution is 8.13. The van der Waals surface area contributed by atoms with Crippen LogP contribution in [0.1, 0.15) is 117 Å². The Morgan fingerprint density at radius 3 is 2.12 bits per heavy atom. The Morgan fingerprint density at radius 1 is 0.891 bits per heavy atom. The van der Waals surface area contributed by atoms with Crippen molar-refractivity contribution in [3.63, 3.8) is 0 Å². The SMILES string of the molecule is CCCCCCCCCCCCCCC(=O)SCCNC(=O)CCNC(=O)[C@H](O)C(C)(C)COP(=O)(O)OP(=O)(O)OC[C@H]1O[C@@H](n2cnc3c(N)ncnc32)[C@H](O)[C@@H]1OP(=O)(O)O. The first kappa shape index (κ1) is 55.9. The number of fused-ring (bicyclic) bond motifs is 1. The molecule has 0 aromatic carbocycles. The average molecular weight is 992 g/mol. The van der Waals surface area contributed by atoms with Crippen molar-refractivity contribution in [2.24, 2.45) is 5.41 Å². The van der Waals surface area contributed by atoms with Crippen LogP contribution in [0.2, 0.25) is 0 Å². The van der Waals surface area contributed by atoms with Gasteiger partial charge in [-0.2, -0.15) is 4.31 Å². The molecule has 1 saturated heterocycles. The lowest BCUT2D eigenvalue weighted by Crippen LogP contribution is -2.46. The molecule has 64 heavy (non-hydrogen) atoms. The van der Waals surface area contributed by atoms with Crippen LogP contribution in [0.4, 0.5) is 5.82 Å². The molecule has 0 bridgehead atoms. The third-order valence-corrected chi connectivity index (χ3v) is 14.0. The molecule has 0 aliphatic carbocycles. The molecule has 2 amide bonds. The van der Waals surface area contributed by atoms with E-state index >= 15 is 0 Å². The third kappa shape index (κ3) is 19.8. The van der Waals surface area contributed by atoms with Crippen molar-refractivity contribution < 1.29 is 80.5 Å². The van der Waals surface area contributed by atoms with Gasteiger partial charge < -0.3 is 50.9 Å². The Bertz CT molecular complexity index is 1940. The Morgan fingerprint density at radius 2 is 1.50 bits per heavy atom. The monoisotopic (exact) mass is 991 g/mol. The van der Waals surface area contributed by atoms with Crippen molar-refractivity contribution >= 4 is 69.1 Å². The lowest BCUT2D eigenvalue weighted by Gasteiger charge is -2.30. The predicted octanol–water partition coefficient (Wildman–Crippen LogP) is 3.76. The highest BCUT2D eigenvalue weighted by atomic mass is 32.2. The van der Waals surface area contributed by atoms with Crippen molar-refractivity contribution in [3.05, 3.63) is 12.7 Å². The zero-order chi connectivity index (χ0) is 47.6. The number of nitrogens with zero attached hydrogens (tertiary/aromatic N) is 4. The second-order valence-corrected chi connectivity index (χ2v) is 21.3. The molecule has 24 nitrogen and oxygen atoms in total. The van der Waals surface area contributed by atoms with Crippen molar-refractivity contribution in [1.82, 2.24) is 30.2 Å². The van der Waals surface area contributed by atoms with Crippen molar-refractivity contribution in [2.45, 2.75) is 141 Å². The summed E-state index contributed by atoms with van der Waals surface area (Å²) in [4.78, 5) is 88.2. The van der Waals surface area contributed by atoms with E-state index < -0.39 is 84.6 Å². The number of carbonyl (C=O) groups is 3. The number of nitrogen functional groups attached to an aromatic ring is 1. The Labute approximate surface area is 376 Å². The van der Waals surface area contributed by atoms with Gasteiger partial charge in [0.15, 0.2) is 22.8 Å². The predicted molar refractivity (Wildman–Crippen MR) is 233 cm³/mol. The summed E-state index contributed by atoms with van der Waals surface area (Å²) in [5.74, 6) is -1.02. The van der Waals surface area contributed by atoms with Crippen LogP contribution in [0, 0.1) is 5.41 Å². The zero-order valence-electron chi connectivity index (χ0n) is 36.3. The summed E-state index contributed by atoms with van der Waals surface area (Å²) in [5.41, 5.74) is 4.29. The van der Waals surface area contributed by atoms with E-state index in [1.807, 2.05) is 0 Å². The summed E-state index contributed by atoms with van der Waals surface area (Å²) in [6, 6.07) is 0. The minimum Gasteiger partial charge on any atom is -0.386 e. The van der Waals surface area contributed by atoms with Gasteiger partial charge in [-0.25, -0.2) is 28.6 Å². The van der Waals surface area contributed by atoms with Crippen molar-refractivity contribution in [2.75, 3.05) is 37.8 Å². The number of hydrogen-bond acceptors (Lipinski definition) is 18. The fourth-order valence-corrected chi connectivity index (χ4v) is 10.0. The normalized spacial score (nSPS) is 20.5. The fourth-order valence-electron chi connectivity index (χ4n) is 6.48. The number of aliphatic hydroxyl groups is 2. The Balaban J connectivity index is 1.34. The van der Waals surface area contributed by atoms with E-state index in [0.29, 0.717) is 12.2 Å². The number of phosphoric acid groups is 3. The number of phosphoric ester groups is 3. The number of rotatable bonds is 32. The number of aromatic nitrogens is 4. The molecule has 1 aliphatic heterocycles. The van der Waals surface area contributed by atoms with Gasteiger partial charge in [0.05, 0.1) is 19.5 Å². The number of thioether (sulfide) groups is 1. The van der Waals surface area contributed by atoms with E-state index in [-0.39, 0.29) is 41.6 Å². The number of hydrogen-bond donors (Lipinski definition) is 9. The summed E-state index contributed by atoms with van der Waals surface area (Å²) in [6.45, 7) is 2.80. The van der Waals surface area contributed by atoms with Gasteiger partial charge in [0, 0.05) is 37.1 Å². The molecule has 3 heterocycles. The standard InChI is InChI=1S/C36H64N7O17P3S/c1-4-5-6-7-8-9-10-11-12-13-14-15-16-27(45)64-20-19-38-26(44)17-18-39-34(48)31(47)36(2,3)22-57-63(54,55)60-62(52,53)56-21-25-30(59-61(49,50)51)29(46)35(58-25)43-24-42-28-32(37)40-23-41-33(28)43/h23-25,29-31,35,46-47H,4-22H2,1-3H3,(H,38,44)(H,39,48)(H,52,53)(H,54,55)(H2,37,40,41)(H2,49,50,51)/t25-,29-,30-,31+,35-/m1/s1. The number of carbonyl (C=O) groups excluding carboxylic acids is 3. The Kier molecular flexibility index (Phi) is 23.4. The van der Waals surface area contributed by atoms with Gasteiger partial charge >= 0.3 is 23.5 Å². The molecule has 2 aromatic heterocycles. The van der Waals surface area contributed by atoms with Crippen LogP contribution in [0.5, 0.6) is 0 Å². The maximum absolute atomic E-state index is 12.7. The van der Waals surface area contributed by atoms with Crippen LogP contribution in [-0.4, -0.2) is 123 Å². The largest absolute Gasteiger partial charge is 0.481 e. The topological polar surface area (TPSA) is 364 Å². The highest BCUT2D eigenvalue weighted by Crippen LogP contribution is 2.61. The summed E-state index contributed by atoms with van der Waals surface area (Å²) in [7, 11) is -16.4. The van der Waals surface area contributed by atoms with Gasteiger partial charge in [-0.05, 0) is 6.42 Å². The molecule has 0 radical (unpaired) electrons. The Hall–Kier alpha value is -2.44. The van der Waals surface area contributed by atoms with E-state index in [1.54, 1.807) is 0 Å². The van der Waals surface area contributed by atoms with Crippen LogP contribution < -0.4 is 16.4 Å². The number of ether oxygens (including phenoxy) is 1. The van der Waals surface area contributed by atoms with Gasteiger partial charge in [-0.3, -0.25) is 32.5 Å². The number of amides is 2. The van der Waals surface area contributed by atoms with Crippen LogP contribution in [-0.2, 0) is 50.7 Å². The molecule has 0 spiro atoms. The number of anilines is 1. The first-order valence-corrected chi connectivity index (χ1v) is 26.6. The van der Waals surface area contributed by atoms with E-state index in [0.717, 1.165) is 48.2 Å². The highest BCUT2D eigenvalue weighted by Gasteiger charge is 2.50. The maximum atomic E-state index is 12.7. The van der Waals surface area contributed by atoms with Gasteiger partial charge in [-0.15, -0.1) is 0 Å². The lowest BCUT2D eigenvalue weighted by molar-refractivity contribution is -0.137. The molecule has 7 atom stereocenters. The molecular weight excluding hydrogens is 927 g/mol. The molecule has 2 aromatic rings. The summed E-state index contributed by atoms with van der Waals surface area (Å²) < 4.78 is 62.4. The molecule has 0 saturated carbocycles. The lowest BCUT2D eigenvalue weighted by atomic mass is 9.87. The minimum absolute atomic E-state index is 0.0336. The molecular formula is C36H64N7O17P3S. The molecule has 1 fully saturated rings. The number of nitrogens with one attached hydrogen (secondary N) is 2. The summed E-state index contributed by atoms with van der Waals surface area (Å²) in [6.07, 6.45) is 8.13. The number of nitrogens with two attached hydrogens (primary N) is 1. The van der Waals surface area contributed by atoms with Crippen molar-refractivity contribution in [1.29, 1.82) is 0 Å². The van der Waals surface area contributed by atoms with Gasteiger partial charge in [0.25, 0.3) is 0 Å². The molecule has 10 N–H and O–H groups in total. The van der Waals surface area contributed by atoms with E-state index in [4.69, 9.17) is 19.5 Å². The van der Waals surface area contributed by atoms with Gasteiger partial charge in [0.2, 0.25) is 11.8 Å². The molecule has 366 valence electrons. The van der Waals surface area contributed by atoms with Crippen LogP contribution in [0.25, 0.3) is 11.2 Å². The third-order valence-electron chi connectivity index (χ3n) is 10.00. The number of imidazole rings is 1. The zero-order valence-corrected chi connectivity index (χ0v) is 39.8. The minimum atomic E-state index is -5.57. The quantitative estimate of drug-likeness (QED) is 0.0372. The van der Waals surface area contributed by atoms with Crippen LogP contribution >= 0.6 is 35.2 Å². The maximum Gasteiger partial charge on any atom is 0.481 e. The molecule has 28 heteroatoms. The smallest absolute Gasteiger partial charge is 0.386 e. The first-order valence-electron chi connectivity index (χ1n) is 21.1. The fraction of sp³-hybridized carbons (Fsp3) is 0.778. The van der Waals surface area contributed by atoms with E-state index in [1.165, 1.54) is 71.6 Å². The van der Waals surface area contributed by atoms with Gasteiger partial charge in [-0.1, -0.05) is 103 Å². The van der Waals surface area contributed by atoms with Crippen LogP contribution in [0.15, 0.2) is 12.7 Å². The second kappa shape index (κ2) is 26.8. The van der Waals surface area contributed by atoms with E-state index in [9.17, 15) is 57.9 Å². The molecule has 2 unspecified atom stereocenters. The van der Waals surface area contributed by atoms with Crippen LogP contribution in [0.3, 0.4) is 0 Å². The molecule has 3 rings (SSSR count). The van der Waals surface area contributed by atoms with Crippen molar-refractivity contribution in [3.8, 4) is 0 Å². The second-order valence-electron chi connectivity index (χ2n) is 15.9. The molecule has 1 aliphatic rings. The van der Waals surface area contributed by atoms with E-state index in [2.05, 4.69) is 41.3 Å². The first-order chi connectivity index (χ1) is 30.1. The summed E-state index contributed by atoms with van der Waals surface area (Å²) in [5, 5.41) is 26.6. The average Bonchev–Trinajstić information content (AvgIpc) is 3.78. The van der Waals surface area contributed by atoms with Gasteiger partial charge in [0.1, 0.15) is 36.3 Å². The number of unbranched alkanes of at least 4 members (excludes halogenated alkanes) is 11. The number of aliphatic hydroxyl groups excluding tert-OH is 2. The summed E-state index contributed by atoms with van der Waals surface area (Å²) >= 11 is 1.15.